The lowest BCUT2D eigenvalue weighted by atomic mass is 9.83. The van der Waals surface area contributed by atoms with Gasteiger partial charge in [-0.25, -0.2) is 0 Å². The van der Waals surface area contributed by atoms with Gasteiger partial charge in [0.1, 0.15) is 0 Å². The van der Waals surface area contributed by atoms with Gasteiger partial charge in [0.05, 0.1) is 28.3 Å². The summed E-state index contributed by atoms with van der Waals surface area (Å²) in [5.41, 5.74) is 16.9. The first-order valence-electron chi connectivity index (χ1n) is 21.6. The predicted molar refractivity (Wildman–Crippen MR) is 263 cm³/mol. The monoisotopic (exact) mass is 790 g/mol. The molecule has 2 nitrogen and oxygen atoms in total. The topological polar surface area (TPSA) is 8.17 Å². The van der Waals surface area contributed by atoms with E-state index in [0.29, 0.717) is 5.92 Å². The summed E-state index contributed by atoms with van der Waals surface area (Å²) >= 11 is 0. The van der Waals surface area contributed by atoms with Gasteiger partial charge in [-0.15, -0.1) is 0 Å². The van der Waals surface area contributed by atoms with E-state index in [1.807, 2.05) is 0 Å². The highest BCUT2D eigenvalue weighted by Gasteiger charge is 2.27. The molecular weight excluding hydrogens is 749 g/mol. The normalized spacial score (nSPS) is 14.2. The summed E-state index contributed by atoms with van der Waals surface area (Å²) in [6, 6.07) is 75.6. The number of anilines is 3. The minimum absolute atomic E-state index is 0.410. The third-order valence-electron chi connectivity index (χ3n) is 12.9. The highest BCUT2D eigenvalue weighted by Crippen LogP contribution is 2.48. The van der Waals surface area contributed by atoms with E-state index in [1.165, 1.54) is 71.5 Å². The first-order chi connectivity index (χ1) is 30.8. The van der Waals surface area contributed by atoms with Gasteiger partial charge in [-0.3, -0.25) is 0 Å². The fourth-order valence-corrected chi connectivity index (χ4v) is 10.0. The highest BCUT2D eigenvalue weighted by atomic mass is 15.1. The van der Waals surface area contributed by atoms with E-state index >= 15 is 0 Å². The third-order valence-corrected chi connectivity index (χ3v) is 12.9. The van der Waals surface area contributed by atoms with Gasteiger partial charge in [-0.2, -0.15) is 0 Å². The van der Waals surface area contributed by atoms with Gasteiger partial charge in [0.25, 0.3) is 0 Å². The fraction of sp³-hybridized carbons (Fsp3) is 0.0333. The molecule has 292 valence electrons. The Morgan fingerprint density at radius 2 is 1.10 bits per heavy atom. The number of nitrogens with zero attached hydrogens (tertiary/aromatic N) is 2. The lowest BCUT2D eigenvalue weighted by Gasteiger charge is -2.31. The summed E-state index contributed by atoms with van der Waals surface area (Å²) in [5, 5.41) is 6.22. The van der Waals surface area contributed by atoms with Crippen LogP contribution in [0.25, 0.3) is 77.6 Å². The minimum atomic E-state index is 0.410. The molecular formula is C60H42N2. The first kappa shape index (κ1) is 36.0. The second kappa shape index (κ2) is 15.0. The van der Waals surface area contributed by atoms with E-state index in [4.69, 9.17) is 0 Å². The van der Waals surface area contributed by atoms with Crippen molar-refractivity contribution < 1.29 is 0 Å². The number of aromatic nitrogens is 1. The number of allylic oxidation sites excluding steroid dienone is 5. The smallest absolute Gasteiger partial charge is 0.0540 e. The molecule has 2 aliphatic carbocycles. The average molecular weight is 791 g/mol. The van der Waals surface area contributed by atoms with Crippen molar-refractivity contribution in [3.05, 3.63) is 247 Å². The van der Waals surface area contributed by atoms with Gasteiger partial charge < -0.3 is 9.47 Å². The summed E-state index contributed by atoms with van der Waals surface area (Å²) in [6.07, 6.45) is 12.4. The molecule has 0 amide bonds. The molecule has 0 bridgehead atoms. The van der Waals surface area contributed by atoms with Gasteiger partial charge >= 0.3 is 0 Å². The number of hydrogen-bond acceptors (Lipinski definition) is 1. The van der Waals surface area contributed by atoms with Crippen molar-refractivity contribution in [2.24, 2.45) is 5.92 Å². The molecule has 1 heterocycles. The zero-order chi connectivity index (χ0) is 41.0. The summed E-state index contributed by atoms with van der Waals surface area (Å²) in [6.45, 7) is 0. The maximum absolute atomic E-state index is 2.50. The number of para-hydroxylation sites is 3. The molecule has 1 aromatic heterocycles. The van der Waals surface area contributed by atoms with Crippen LogP contribution in [-0.2, 0) is 6.42 Å². The van der Waals surface area contributed by atoms with Crippen LogP contribution in [0, 0.1) is 5.92 Å². The molecule has 0 N–H and O–H groups in total. The molecule has 10 aromatic rings. The van der Waals surface area contributed by atoms with Crippen LogP contribution in [0.4, 0.5) is 17.1 Å². The van der Waals surface area contributed by atoms with Crippen molar-refractivity contribution in [1.29, 1.82) is 0 Å². The maximum atomic E-state index is 2.50. The molecule has 1 unspecified atom stereocenters. The molecule has 0 fully saturated rings. The Hall–Kier alpha value is -7.94. The summed E-state index contributed by atoms with van der Waals surface area (Å²) in [5.74, 6) is 0.410. The Kier molecular flexibility index (Phi) is 8.67. The minimum Gasteiger partial charge on any atom is -0.310 e. The predicted octanol–water partition coefficient (Wildman–Crippen LogP) is 16.1. The van der Waals surface area contributed by atoms with Crippen LogP contribution >= 0.6 is 0 Å². The summed E-state index contributed by atoms with van der Waals surface area (Å²) in [4.78, 5) is 2.50. The van der Waals surface area contributed by atoms with Crippen molar-refractivity contribution >= 4 is 55.6 Å². The lowest BCUT2D eigenvalue weighted by Crippen LogP contribution is -2.13. The zero-order valence-electron chi connectivity index (χ0n) is 34.2. The van der Waals surface area contributed by atoms with E-state index in [1.54, 1.807) is 0 Å². The van der Waals surface area contributed by atoms with E-state index < -0.39 is 0 Å². The van der Waals surface area contributed by atoms with Crippen LogP contribution in [0.15, 0.2) is 236 Å². The van der Waals surface area contributed by atoms with E-state index in [0.717, 1.165) is 40.3 Å². The molecule has 9 aromatic carbocycles. The summed E-state index contributed by atoms with van der Waals surface area (Å²) < 4.78 is 2.48. The standard InChI is InChI=1S/C60H42N2/c1-2-18-42(19-3-1)50-25-10-13-30-56(50)62(59-36-35-49(52-27-8-9-28-53(52)59)47-34-33-41-17-4-5-20-43(41)37-47)57-31-14-11-26-51(57)46-23-16-24-48(38-46)61-58-32-15-12-29-54(58)55-39-44-21-6-7-22-45(44)40-60(55)61/h1-38,40,44H,39H2. The molecule has 2 aliphatic rings. The van der Waals surface area contributed by atoms with E-state index in [2.05, 4.69) is 246 Å². The molecule has 0 radical (unpaired) electrons. The third kappa shape index (κ3) is 6.03. The zero-order valence-corrected chi connectivity index (χ0v) is 34.2. The Labute approximate surface area is 362 Å². The molecule has 62 heavy (non-hydrogen) atoms. The molecule has 0 saturated heterocycles. The van der Waals surface area contributed by atoms with Crippen LogP contribution in [0.5, 0.6) is 0 Å². The Balaban J connectivity index is 1.07. The quantitative estimate of drug-likeness (QED) is 0.156. The van der Waals surface area contributed by atoms with Crippen LogP contribution in [0.1, 0.15) is 11.3 Å². The number of hydrogen-bond donors (Lipinski definition) is 0. The number of rotatable bonds is 7. The van der Waals surface area contributed by atoms with Gasteiger partial charge in [-0.1, -0.05) is 188 Å². The average Bonchev–Trinajstić information content (AvgIpc) is 3.67. The Bertz CT molecular complexity index is 3450. The van der Waals surface area contributed by atoms with Crippen molar-refractivity contribution in [3.8, 4) is 39.1 Å². The Morgan fingerprint density at radius 1 is 0.435 bits per heavy atom. The Morgan fingerprint density at radius 3 is 1.94 bits per heavy atom. The SMILES string of the molecule is C1=CC2=Cc3c(c4ccccc4n3-c3cccc(-c4ccccc4N(c4ccccc4-c4ccccc4)c4ccc(-c5ccc6ccccc6c5)c5ccccc45)c3)CC2C=C1. The molecule has 0 aliphatic heterocycles. The van der Waals surface area contributed by atoms with Gasteiger partial charge in [0.2, 0.25) is 0 Å². The highest BCUT2D eigenvalue weighted by molar-refractivity contribution is 6.09. The van der Waals surface area contributed by atoms with E-state index in [-0.39, 0.29) is 0 Å². The molecule has 0 saturated carbocycles. The van der Waals surface area contributed by atoms with Crippen LogP contribution in [0.2, 0.25) is 0 Å². The van der Waals surface area contributed by atoms with Crippen molar-refractivity contribution in [1.82, 2.24) is 4.57 Å². The van der Waals surface area contributed by atoms with Crippen LogP contribution in [0.3, 0.4) is 0 Å². The lowest BCUT2D eigenvalue weighted by molar-refractivity contribution is 0.758. The van der Waals surface area contributed by atoms with Crippen LogP contribution in [-0.4, -0.2) is 4.57 Å². The van der Waals surface area contributed by atoms with E-state index in [9.17, 15) is 0 Å². The fourth-order valence-electron chi connectivity index (χ4n) is 10.0. The molecule has 0 spiro atoms. The largest absolute Gasteiger partial charge is 0.310 e. The van der Waals surface area contributed by atoms with Gasteiger partial charge in [0, 0.05) is 33.5 Å². The summed E-state index contributed by atoms with van der Waals surface area (Å²) in [7, 11) is 0. The van der Waals surface area contributed by atoms with Crippen molar-refractivity contribution in [2.75, 3.05) is 4.90 Å². The van der Waals surface area contributed by atoms with Crippen LogP contribution < -0.4 is 4.90 Å². The van der Waals surface area contributed by atoms with Gasteiger partial charge in [0.15, 0.2) is 0 Å². The number of fused-ring (bicyclic) bond motifs is 6. The second-order valence-corrected chi connectivity index (χ2v) is 16.4. The first-order valence-corrected chi connectivity index (χ1v) is 21.6. The van der Waals surface area contributed by atoms with Gasteiger partial charge in [-0.05, 0) is 105 Å². The van der Waals surface area contributed by atoms with Crippen molar-refractivity contribution in [3.63, 3.8) is 0 Å². The number of benzene rings is 9. The second-order valence-electron chi connectivity index (χ2n) is 16.4. The maximum Gasteiger partial charge on any atom is 0.0540 e. The molecule has 12 rings (SSSR count). The molecule has 2 heteroatoms. The van der Waals surface area contributed by atoms with Crippen molar-refractivity contribution in [2.45, 2.75) is 6.42 Å². The molecule has 1 atom stereocenters.